The van der Waals surface area contributed by atoms with E-state index in [1.807, 2.05) is 37.3 Å². The first-order valence-corrected chi connectivity index (χ1v) is 17.2. The summed E-state index contributed by atoms with van der Waals surface area (Å²) < 4.78 is 43.1. The fourth-order valence-corrected chi connectivity index (χ4v) is 7.26. The monoisotopic (exact) mass is 641 g/mol. The fraction of sp³-hybridized carbons (Fsp3) is 0.297. The first-order valence-electron chi connectivity index (χ1n) is 15.7. The van der Waals surface area contributed by atoms with Gasteiger partial charge in [0.1, 0.15) is 18.4 Å². The second kappa shape index (κ2) is 15.2. The lowest BCUT2D eigenvalue weighted by Crippen LogP contribution is -2.55. The number of nitrogens with zero attached hydrogens (tertiary/aromatic N) is 2. The normalized spacial score (nSPS) is 14.3. The average molecular weight is 642 g/mol. The van der Waals surface area contributed by atoms with Crippen LogP contribution in [0.4, 0.5) is 10.1 Å². The molecule has 1 aliphatic carbocycles. The molecule has 5 rings (SSSR count). The van der Waals surface area contributed by atoms with Crippen LogP contribution in [0.1, 0.15) is 48.8 Å². The van der Waals surface area contributed by atoms with Gasteiger partial charge in [-0.15, -0.1) is 0 Å². The van der Waals surface area contributed by atoms with Gasteiger partial charge < -0.3 is 10.2 Å². The molecule has 7 nitrogen and oxygen atoms in total. The Morgan fingerprint density at radius 1 is 0.804 bits per heavy atom. The molecule has 0 unspecified atom stereocenters. The van der Waals surface area contributed by atoms with Crippen molar-refractivity contribution >= 4 is 27.5 Å². The van der Waals surface area contributed by atoms with Crippen LogP contribution < -0.4 is 9.62 Å². The molecule has 0 radical (unpaired) electrons. The second-order valence-corrected chi connectivity index (χ2v) is 13.7. The topological polar surface area (TPSA) is 86.8 Å². The number of carbonyl (C=O) groups excluding carboxylic acids is 2. The van der Waals surface area contributed by atoms with Crippen LogP contribution in [0, 0.1) is 12.7 Å². The molecule has 1 saturated carbocycles. The lowest BCUT2D eigenvalue weighted by molar-refractivity contribution is -0.140. The van der Waals surface area contributed by atoms with Gasteiger partial charge in [0.15, 0.2) is 0 Å². The molecule has 0 aromatic heterocycles. The van der Waals surface area contributed by atoms with Crippen LogP contribution in [0.3, 0.4) is 0 Å². The van der Waals surface area contributed by atoms with E-state index in [1.54, 1.807) is 54.6 Å². The SMILES string of the molecule is Cc1ccc(S(=O)(=O)N(CC(=O)N(Cc2ccc(F)cc2)[C@H](Cc2ccccc2)C(=O)NC2CCCCC2)c2ccccc2)cc1. The van der Waals surface area contributed by atoms with E-state index in [0.717, 1.165) is 47.5 Å². The number of hydrogen-bond acceptors (Lipinski definition) is 4. The number of rotatable bonds is 12. The van der Waals surface area contributed by atoms with E-state index in [9.17, 15) is 22.4 Å². The van der Waals surface area contributed by atoms with E-state index in [2.05, 4.69) is 5.32 Å². The predicted molar refractivity (Wildman–Crippen MR) is 178 cm³/mol. The van der Waals surface area contributed by atoms with Crippen molar-refractivity contribution in [1.82, 2.24) is 10.2 Å². The maximum Gasteiger partial charge on any atom is 0.264 e. The van der Waals surface area contributed by atoms with Crippen molar-refractivity contribution in [3.05, 3.63) is 132 Å². The maximum atomic E-state index is 14.5. The summed E-state index contributed by atoms with van der Waals surface area (Å²) in [4.78, 5) is 30.1. The second-order valence-electron chi connectivity index (χ2n) is 11.9. The summed E-state index contributed by atoms with van der Waals surface area (Å²) in [5.41, 5.74) is 2.70. The Kier molecular flexibility index (Phi) is 10.9. The molecule has 1 aliphatic rings. The van der Waals surface area contributed by atoms with Crippen molar-refractivity contribution in [2.45, 2.75) is 69.0 Å². The number of sulfonamides is 1. The summed E-state index contributed by atoms with van der Waals surface area (Å²) in [5.74, 6) is -1.26. The third-order valence-corrected chi connectivity index (χ3v) is 10.2. The van der Waals surface area contributed by atoms with Crippen molar-refractivity contribution in [1.29, 1.82) is 0 Å². The van der Waals surface area contributed by atoms with Gasteiger partial charge in [0.05, 0.1) is 10.6 Å². The molecule has 9 heteroatoms. The number of halogens is 1. The van der Waals surface area contributed by atoms with Gasteiger partial charge in [0.2, 0.25) is 11.8 Å². The molecular formula is C37H40FN3O4S. The van der Waals surface area contributed by atoms with Crippen molar-refractivity contribution in [2.75, 3.05) is 10.8 Å². The third kappa shape index (κ3) is 8.40. The highest BCUT2D eigenvalue weighted by atomic mass is 32.2. The first-order chi connectivity index (χ1) is 22.2. The highest BCUT2D eigenvalue weighted by Gasteiger charge is 2.35. The third-order valence-electron chi connectivity index (χ3n) is 8.42. The number of benzene rings is 4. The quantitative estimate of drug-likeness (QED) is 0.194. The van der Waals surface area contributed by atoms with Crippen molar-refractivity contribution in [3.63, 3.8) is 0 Å². The molecule has 0 heterocycles. The highest BCUT2D eigenvalue weighted by Crippen LogP contribution is 2.26. The van der Waals surface area contributed by atoms with Crippen molar-refractivity contribution < 1.29 is 22.4 Å². The molecule has 2 amide bonds. The van der Waals surface area contributed by atoms with E-state index >= 15 is 0 Å². The Hall–Kier alpha value is -4.50. The maximum absolute atomic E-state index is 14.5. The molecule has 1 atom stereocenters. The van der Waals surface area contributed by atoms with Gasteiger partial charge in [0.25, 0.3) is 10.0 Å². The van der Waals surface area contributed by atoms with E-state index in [1.165, 1.54) is 29.2 Å². The Morgan fingerprint density at radius 3 is 2.04 bits per heavy atom. The molecule has 0 bridgehead atoms. The van der Waals surface area contributed by atoms with E-state index in [0.29, 0.717) is 11.3 Å². The molecule has 4 aromatic rings. The lowest BCUT2D eigenvalue weighted by Gasteiger charge is -2.35. The number of para-hydroxylation sites is 1. The predicted octanol–water partition coefficient (Wildman–Crippen LogP) is 6.42. The van der Waals surface area contributed by atoms with E-state index < -0.39 is 34.3 Å². The molecule has 240 valence electrons. The summed E-state index contributed by atoms with van der Waals surface area (Å²) in [6.07, 6.45) is 5.13. The van der Waals surface area contributed by atoms with Gasteiger partial charge in [-0.2, -0.15) is 0 Å². The zero-order valence-corrected chi connectivity index (χ0v) is 26.8. The average Bonchev–Trinajstić information content (AvgIpc) is 3.07. The number of anilines is 1. The molecular weight excluding hydrogens is 601 g/mol. The molecule has 1 N–H and O–H groups in total. The van der Waals surface area contributed by atoms with Gasteiger partial charge in [-0.25, -0.2) is 12.8 Å². The Morgan fingerprint density at radius 2 is 1.41 bits per heavy atom. The molecule has 0 saturated heterocycles. The zero-order chi connectivity index (χ0) is 32.5. The van der Waals surface area contributed by atoms with Crippen LogP contribution in [-0.4, -0.2) is 43.8 Å². The summed E-state index contributed by atoms with van der Waals surface area (Å²) in [5, 5.41) is 3.19. The van der Waals surface area contributed by atoms with Crippen molar-refractivity contribution in [2.24, 2.45) is 0 Å². The van der Waals surface area contributed by atoms with Crippen LogP contribution >= 0.6 is 0 Å². The Balaban J connectivity index is 1.54. The van der Waals surface area contributed by atoms with E-state index in [4.69, 9.17) is 0 Å². The van der Waals surface area contributed by atoms with Gasteiger partial charge >= 0.3 is 0 Å². The molecule has 0 aliphatic heterocycles. The number of carbonyl (C=O) groups is 2. The largest absolute Gasteiger partial charge is 0.352 e. The standard InChI is InChI=1S/C37H40FN3O4S/c1-28-17-23-34(24-18-28)46(44,45)41(33-15-9-4-10-16-33)27-36(42)40(26-30-19-21-31(38)22-20-30)35(25-29-11-5-2-6-12-29)37(43)39-32-13-7-3-8-14-32/h2,4-6,9-12,15-24,32,35H,3,7-8,13-14,25-27H2,1H3,(H,39,43)/t35-/m1/s1. The van der Waals surface area contributed by atoms with Gasteiger partial charge in [-0.05, 0) is 67.3 Å². The minimum absolute atomic E-state index is 0.00466. The smallest absolute Gasteiger partial charge is 0.264 e. The number of amides is 2. The minimum atomic E-state index is -4.17. The zero-order valence-electron chi connectivity index (χ0n) is 26.0. The molecule has 46 heavy (non-hydrogen) atoms. The van der Waals surface area contributed by atoms with Crippen LogP contribution in [-0.2, 0) is 32.6 Å². The lowest BCUT2D eigenvalue weighted by atomic mass is 9.94. The molecule has 4 aromatic carbocycles. The molecule has 0 spiro atoms. The Labute approximate surface area is 271 Å². The van der Waals surface area contributed by atoms with Gasteiger partial charge in [0, 0.05) is 19.0 Å². The summed E-state index contributed by atoms with van der Waals surface area (Å²) in [7, 11) is -4.17. The summed E-state index contributed by atoms with van der Waals surface area (Å²) >= 11 is 0. The highest BCUT2D eigenvalue weighted by molar-refractivity contribution is 7.92. The van der Waals surface area contributed by atoms with Crippen LogP contribution in [0.5, 0.6) is 0 Å². The number of hydrogen-bond donors (Lipinski definition) is 1. The van der Waals surface area contributed by atoms with Gasteiger partial charge in [-0.1, -0.05) is 97.6 Å². The summed E-state index contributed by atoms with van der Waals surface area (Å²) in [6, 6.07) is 29.2. The van der Waals surface area contributed by atoms with Crippen LogP contribution in [0.25, 0.3) is 0 Å². The summed E-state index contributed by atoms with van der Waals surface area (Å²) in [6.45, 7) is 1.32. The van der Waals surface area contributed by atoms with E-state index in [-0.39, 0.29) is 29.8 Å². The fourth-order valence-electron chi connectivity index (χ4n) is 5.85. The molecule has 1 fully saturated rings. The number of aryl methyl sites for hydroxylation is 1. The van der Waals surface area contributed by atoms with Crippen LogP contribution in [0.2, 0.25) is 0 Å². The van der Waals surface area contributed by atoms with Gasteiger partial charge in [-0.3, -0.25) is 13.9 Å². The minimum Gasteiger partial charge on any atom is -0.352 e. The van der Waals surface area contributed by atoms with Crippen LogP contribution in [0.15, 0.2) is 114 Å². The first kappa shape index (κ1) is 32.9. The number of nitrogens with one attached hydrogen (secondary N) is 1. The van der Waals surface area contributed by atoms with Crippen molar-refractivity contribution in [3.8, 4) is 0 Å². The Bertz CT molecular complexity index is 1690.